The normalized spacial score (nSPS) is 18.6. The van der Waals surface area contributed by atoms with Gasteiger partial charge in [0.15, 0.2) is 0 Å². The van der Waals surface area contributed by atoms with Gasteiger partial charge in [-0.05, 0) is 41.5 Å². The van der Waals surface area contributed by atoms with Gasteiger partial charge in [0.1, 0.15) is 23.9 Å². The van der Waals surface area contributed by atoms with E-state index in [-0.39, 0.29) is 17.8 Å². The van der Waals surface area contributed by atoms with E-state index in [0.717, 1.165) is 11.1 Å². The molecule has 3 aromatic carbocycles. The second-order valence-electron chi connectivity index (χ2n) is 8.36. The van der Waals surface area contributed by atoms with Crippen molar-refractivity contribution in [3.05, 3.63) is 95.3 Å². The molecule has 3 aromatic rings. The molecule has 0 saturated heterocycles. The first-order chi connectivity index (χ1) is 16.0. The summed E-state index contributed by atoms with van der Waals surface area (Å²) >= 11 is 0. The van der Waals surface area contributed by atoms with Gasteiger partial charge in [0.2, 0.25) is 0 Å². The molecule has 0 spiro atoms. The highest BCUT2D eigenvalue weighted by molar-refractivity contribution is 6.07. The molecule has 2 amide bonds. The summed E-state index contributed by atoms with van der Waals surface area (Å²) in [5, 5.41) is 6.14. The van der Waals surface area contributed by atoms with Gasteiger partial charge in [-0.25, -0.2) is 14.2 Å². The van der Waals surface area contributed by atoms with Crippen molar-refractivity contribution in [2.45, 2.75) is 12.6 Å². The Balaban J connectivity index is 1.48. The number of halogens is 1. The topological polar surface area (TPSA) is 54.4 Å². The third kappa shape index (κ3) is 4.02. The van der Waals surface area contributed by atoms with Gasteiger partial charge in [0, 0.05) is 19.7 Å². The largest absolute Gasteiger partial charge is 0.492 e. The number of carbonyl (C=O) groups is 1. The van der Waals surface area contributed by atoms with Crippen LogP contribution in [-0.4, -0.2) is 42.4 Å². The number of ether oxygens (including phenoxy) is 2. The van der Waals surface area contributed by atoms with Crippen LogP contribution >= 0.6 is 0 Å². The average Bonchev–Trinajstić information content (AvgIpc) is 3.23. The molecule has 168 valence electrons. The Labute approximate surface area is 191 Å². The fourth-order valence-electron chi connectivity index (χ4n) is 4.27. The molecule has 0 unspecified atom stereocenters. The van der Waals surface area contributed by atoms with Crippen molar-refractivity contribution in [3.8, 4) is 11.5 Å². The summed E-state index contributed by atoms with van der Waals surface area (Å²) in [5.41, 5.74) is 3.19. The number of hydrogen-bond acceptors (Lipinski definition) is 4. The zero-order valence-corrected chi connectivity index (χ0v) is 18.4. The molecule has 6 nitrogen and oxygen atoms in total. The van der Waals surface area contributed by atoms with Gasteiger partial charge in [-0.1, -0.05) is 42.5 Å². The number of nitrogens with zero attached hydrogens (tertiary/aromatic N) is 3. The molecular weight excluding hydrogens is 421 g/mol. The molecule has 33 heavy (non-hydrogen) atoms. The second-order valence-corrected chi connectivity index (χ2v) is 8.36. The van der Waals surface area contributed by atoms with E-state index in [1.807, 2.05) is 54.6 Å². The van der Waals surface area contributed by atoms with Crippen molar-refractivity contribution < 1.29 is 18.7 Å². The first-order valence-electron chi connectivity index (χ1n) is 10.8. The summed E-state index contributed by atoms with van der Waals surface area (Å²) in [4.78, 5) is 14.5. The van der Waals surface area contributed by atoms with Crippen LogP contribution in [0.5, 0.6) is 11.5 Å². The summed E-state index contributed by atoms with van der Waals surface area (Å²) in [6.07, 6.45) is 0. The number of fused-ring (bicyclic) bond motifs is 3. The van der Waals surface area contributed by atoms with Crippen LogP contribution in [0, 0.1) is 11.7 Å². The maximum atomic E-state index is 14.0. The zero-order chi connectivity index (χ0) is 22.9. The average molecular weight is 445 g/mol. The van der Waals surface area contributed by atoms with Gasteiger partial charge >= 0.3 is 6.03 Å². The Morgan fingerprint density at radius 3 is 2.73 bits per heavy atom. The lowest BCUT2D eigenvalue weighted by atomic mass is 9.86. The van der Waals surface area contributed by atoms with Crippen LogP contribution < -0.4 is 9.47 Å². The molecule has 5 rings (SSSR count). The lowest BCUT2D eigenvalue weighted by Gasteiger charge is -2.31. The molecule has 2 heterocycles. The van der Waals surface area contributed by atoms with E-state index in [0.29, 0.717) is 36.0 Å². The highest BCUT2D eigenvalue weighted by atomic mass is 19.1. The van der Waals surface area contributed by atoms with E-state index in [1.54, 1.807) is 20.2 Å². The number of hydrogen-bond donors (Lipinski definition) is 0. The van der Waals surface area contributed by atoms with E-state index in [4.69, 9.17) is 9.47 Å². The Morgan fingerprint density at radius 1 is 1.12 bits per heavy atom. The predicted molar refractivity (Wildman–Crippen MR) is 123 cm³/mol. The standard InChI is InChI=1S/C26H24FN3O3/c1-29(2)26(31)30-25(22-16-33-23-12-11-19(27)14-21(23)24(22)28-30)18-9-6-10-20(13-18)32-15-17-7-4-3-5-8-17/h3-14,22,25H,15-16H2,1-2H3/t22-,25+/m1/s1. The van der Waals surface area contributed by atoms with E-state index < -0.39 is 6.04 Å². The van der Waals surface area contributed by atoms with Crippen LogP contribution in [0.2, 0.25) is 0 Å². The van der Waals surface area contributed by atoms with E-state index in [2.05, 4.69) is 5.10 Å². The number of rotatable bonds is 4. The maximum Gasteiger partial charge on any atom is 0.340 e. The lowest BCUT2D eigenvalue weighted by molar-refractivity contribution is 0.139. The predicted octanol–water partition coefficient (Wildman–Crippen LogP) is 4.86. The maximum absolute atomic E-state index is 14.0. The molecule has 0 aliphatic carbocycles. The monoisotopic (exact) mass is 445 g/mol. The Hall–Kier alpha value is -3.87. The fraction of sp³-hybridized carbons (Fsp3) is 0.231. The number of benzene rings is 3. The van der Waals surface area contributed by atoms with Gasteiger partial charge in [-0.3, -0.25) is 0 Å². The Kier molecular flexibility index (Phi) is 5.46. The molecule has 0 bridgehead atoms. The van der Waals surface area contributed by atoms with Crippen LogP contribution in [0.25, 0.3) is 0 Å². The molecule has 2 aliphatic rings. The molecule has 0 fully saturated rings. The third-order valence-electron chi connectivity index (χ3n) is 5.87. The second kappa shape index (κ2) is 8.58. The van der Waals surface area contributed by atoms with Crippen molar-refractivity contribution in [1.82, 2.24) is 9.91 Å². The molecule has 2 atom stereocenters. The first kappa shape index (κ1) is 21.0. The van der Waals surface area contributed by atoms with E-state index in [9.17, 15) is 9.18 Å². The highest BCUT2D eigenvalue weighted by Crippen LogP contribution is 2.43. The molecule has 7 heteroatoms. The molecule has 0 N–H and O–H groups in total. The van der Waals surface area contributed by atoms with Crippen molar-refractivity contribution in [1.29, 1.82) is 0 Å². The number of urea groups is 1. The summed E-state index contributed by atoms with van der Waals surface area (Å²) in [7, 11) is 3.37. The van der Waals surface area contributed by atoms with Crippen LogP contribution in [-0.2, 0) is 6.61 Å². The Morgan fingerprint density at radius 2 is 1.94 bits per heavy atom. The third-order valence-corrected chi connectivity index (χ3v) is 5.87. The molecule has 2 aliphatic heterocycles. The van der Waals surface area contributed by atoms with Gasteiger partial charge in [0.05, 0.1) is 24.3 Å². The zero-order valence-electron chi connectivity index (χ0n) is 18.4. The van der Waals surface area contributed by atoms with Crippen molar-refractivity contribution in [3.63, 3.8) is 0 Å². The SMILES string of the molecule is CN(C)C(=O)N1N=C2c3cc(F)ccc3OC[C@H]2[C@@H]1c1cccc(OCc2ccccc2)c1. The number of carbonyl (C=O) groups excluding carboxylic acids is 1. The van der Waals surface area contributed by atoms with Crippen LogP contribution in [0.1, 0.15) is 22.7 Å². The first-order valence-corrected chi connectivity index (χ1v) is 10.8. The minimum atomic E-state index is -0.397. The quantitative estimate of drug-likeness (QED) is 0.577. The fourth-order valence-corrected chi connectivity index (χ4v) is 4.27. The van der Waals surface area contributed by atoms with Crippen molar-refractivity contribution in [2.75, 3.05) is 20.7 Å². The summed E-state index contributed by atoms with van der Waals surface area (Å²) in [6, 6.07) is 21.3. The smallest absolute Gasteiger partial charge is 0.340 e. The lowest BCUT2D eigenvalue weighted by Crippen LogP contribution is -2.39. The van der Waals surface area contributed by atoms with Crippen LogP contribution in [0.15, 0.2) is 77.9 Å². The van der Waals surface area contributed by atoms with E-state index in [1.165, 1.54) is 22.0 Å². The van der Waals surface area contributed by atoms with Crippen LogP contribution in [0.3, 0.4) is 0 Å². The Bertz CT molecular complexity index is 1210. The minimum absolute atomic E-state index is 0.229. The molecular formula is C26H24FN3O3. The number of hydrazone groups is 1. The summed E-state index contributed by atoms with van der Waals surface area (Å²) < 4.78 is 26.0. The number of amides is 2. The van der Waals surface area contributed by atoms with Crippen molar-refractivity contribution >= 4 is 11.7 Å². The minimum Gasteiger partial charge on any atom is -0.492 e. The van der Waals surface area contributed by atoms with Gasteiger partial charge in [-0.15, -0.1) is 0 Å². The molecule has 0 radical (unpaired) electrons. The summed E-state index contributed by atoms with van der Waals surface area (Å²) in [5.74, 6) is 0.674. The summed E-state index contributed by atoms with van der Waals surface area (Å²) in [6.45, 7) is 0.782. The van der Waals surface area contributed by atoms with Gasteiger partial charge in [-0.2, -0.15) is 5.10 Å². The highest BCUT2D eigenvalue weighted by Gasteiger charge is 2.45. The van der Waals surface area contributed by atoms with E-state index >= 15 is 0 Å². The van der Waals surface area contributed by atoms with Crippen LogP contribution in [0.4, 0.5) is 9.18 Å². The molecule has 0 saturated carbocycles. The van der Waals surface area contributed by atoms with Gasteiger partial charge in [0.25, 0.3) is 0 Å². The molecule has 0 aromatic heterocycles. The van der Waals surface area contributed by atoms with Crippen molar-refractivity contribution in [2.24, 2.45) is 11.0 Å². The van der Waals surface area contributed by atoms with Gasteiger partial charge < -0.3 is 14.4 Å².